The maximum atomic E-state index is 12.1. The lowest BCUT2D eigenvalue weighted by atomic mass is 9.89. The summed E-state index contributed by atoms with van der Waals surface area (Å²) in [5, 5.41) is 1.55. The van der Waals surface area contributed by atoms with E-state index >= 15 is 0 Å². The number of methoxy groups -OCH3 is 1. The van der Waals surface area contributed by atoms with E-state index in [1.807, 2.05) is 0 Å². The number of rotatable bonds is 4. The number of sulfonamides is 1. The van der Waals surface area contributed by atoms with E-state index in [0.717, 1.165) is 11.3 Å². The topological polar surface area (TPSA) is 98.5 Å². The highest BCUT2D eigenvalue weighted by molar-refractivity contribution is 7.89. The predicted molar refractivity (Wildman–Crippen MR) is 67.0 cm³/mol. The van der Waals surface area contributed by atoms with Crippen LogP contribution in [0.5, 0.6) is 0 Å². The maximum absolute atomic E-state index is 12.1. The normalized spacial score (nSPS) is 23.4. The Bertz CT molecular complexity index is 546. The van der Waals surface area contributed by atoms with Crippen LogP contribution in [0, 0.1) is 0 Å². The van der Waals surface area contributed by atoms with E-state index < -0.39 is 16.0 Å². The largest absolute Gasteiger partial charge is 0.465 e. The van der Waals surface area contributed by atoms with Crippen molar-refractivity contribution in [2.24, 2.45) is 5.73 Å². The van der Waals surface area contributed by atoms with Crippen LogP contribution in [-0.2, 0) is 14.8 Å². The van der Waals surface area contributed by atoms with Gasteiger partial charge in [0.2, 0.25) is 10.0 Å². The van der Waals surface area contributed by atoms with Crippen molar-refractivity contribution in [3.63, 3.8) is 0 Å². The Morgan fingerprint density at radius 3 is 2.78 bits per heavy atom. The minimum absolute atomic E-state index is 0.0279. The van der Waals surface area contributed by atoms with Crippen molar-refractivity contribution in [1.82, 2.24) is 4.72 Å². The molecule has 1 aliphatic carbocycles. The molecular formula is C10H14N2O4S2. The van der Waals surface area contributed by atoms with Crippen LogP contribution in [0.2, 0.25) is 0 Å². The molecule has 6 nitrogen and oxygen atoms in total. The fourth-order valence-corrected chi connectivity index (χ4v) is 4.39. The van der Waals surface area contributed by atoms with Crippen molar-refractivity contribution in [2.45, 2.75) is 29.8 Å². The summed E-state index contributed by atoms with van der Waals surface area (Å²) >= 11 is 1.04. The number of thiophene rings is 1. The first-order chi connectivity index (χ1) is 8.44. The van der Waals surface area contributed by atoms with E-state index in [1.54, 1.807) is 5.38 Å². The Hall–Kier alpha value is -0.960. The van der Waals surface area contributed by atoms with Gasteiger partial charge in [-0.3, -0.25) is 0 Å². The molecule has 0 atom stereocenters. The highest BCUT2D eigenvalue weighted by atomic mass is 32.2. The molecule has 0 radical (unpaired) electrons. The minimum Gasteiger partial charge on any atom is -0.465 e. The molecule has 2 rings (SSSR count). The zero-order valence-corrected chi connectivity index (χ0v) is 11.4. The van der Waals surface area contributed by atoms with Gasteiger partial charge in [-0.05, 0) is 24.3 Å². The van der Waals surface area contributed by atoms with Gasteiger partial charge in [-0.1, -0.05) is 0 Å². The second-order valence-corrected chi connectivity index (χ2v) is 6.75. The van der Waals surface area contributed by atoms with Gasteiger partial charge in [-0.15, -0.1) is 11.3 Å². The van der Waals surface area contributed by atoms with Crippen LogP contribution in [0.15, 0.2) is 16.3 Å². The number of ether oxygens (including phenoxy) is 1. The standard InChI is InChI=1S/C10H14N2O4S2/c1-16-10(13)9-8(2-3-17-9)18(14,15)12-7-4-6(11)5-7/h2-3,6-7,12H,4-5,11H2,1H3. The number of esters is 1. The lowest BCUT2D eigenvalue weighted by Gasteiger charge is -2.32. The Kier molecular flexibility index (Phi) is 3.71. The van der Waals surface area contributed by atoms with Crippen LogP contribution in [0.4, 0.5) is 0 Å². The average molecular weight is 290 g/mol. The quantitative estimate of drug-likeness (QED) is 0.777. The Labute approximate surface area is 109 Å². The van der Waals surface area contributed by atoms with Gasteiger partial charge in [0.25, 0.3) is 0 Å². The lowest BCUT2D eigenvalue weighted by Crippen LogP contribution is -2.50. The van der Waals surface area contributed by atoms with E-state index in [9.17, 15) is 13.2 Å². The third-order valence-electron chi connectivity index (χ3n) is 2.79. The first-order valence-corrected chi connectivity index (χ1v) is 7.74. The number of nitrogens with two attached hydrogens (primary N) is 1. The molecule has 1 saturated carbocycles. The molecule has 18 heavy (non-hydrogen) atoms. The van der Waals surface area contributed by atoms with Gasteiger partial charge >= 0.3 is 5.97 Å². The third-order valence-corrected chi connectivity index (χ3v) is 5.37. The van der Waals surface area contributed by atoms with E-state index in [4.69, 9.17) is 5.73 Å². The molecule has 1 aliphatic rings. The molecule has 1 aromatic heterocycles. The van der Waals surface area contributed by atoms with Crippen LogP contribution in [0.1, 0.15) is 22.5 Å². The van der Waals surface area contributed by atoms with Gasteiger partial charge in [-0.2, -0.15) is 0 Å². The van der Waals surface area contributed by atoms with E-state index in [1.165, 1.54) is 13.2 Å². The van der Waals surface area contributed by atoms with Gasteiger partial charge in [-0.25, -0.2) is 17.9 Å². The lowest BCUT2D eigenvalue weighted by molar-refractivity contribution is 0.0602. The molecule has 0 aromatic carbocycles. The molecule has 1 fully saturated rings. The molecule has 0 unspecified atom stereocenters. The van der Waals surface area contributed by atoms with Crippen molar-refractivity contribution in [2.75, 3.05) is 7.11 Å². The monoisotopic (exact) mass is 290 g/mol. The second-order valence-electron chi connectivity index (χ2n) is 4.16. The Balaban J connectivity index is 2.19. The van der Waals surface area contributed by atoms with Gasteiger partial charge in [0.1, 0.15) is 9.77 Å². The maximum Gasteiger partial charge on any atom is 0.349 e. The van der Waals surface area contributed by atoms with Crippen LogP contribution in [0.3, 0.4) is 0 Å². The first kappa shape index (κ1) is 13.5. The highest BCUT2D eigenvalue weighted by Crippen LogP contribution is 2.25. The van der Waals surface area contributed by atoms with Gasteiger partial charge in [0.05, 0.1) is 7.11 Å². The summed E-state index contributed by atoms with van der Waals surface area (Å²) < 4.78 is 31.3. The van der Waals surface area contributed by atoms with Gasteiger partial charge in [0.15, 0.2) is 0 Å². The molecule has 3 N–H and O–H groups in total. The molecule has 0 spiro atoms. The number of carbonyl (C=O) groups excluding carboxylic acids is 1. The van der Waals surface area contributed by atoms with E-state index in [2.05, 4.69) is 9.46 Å². The van der Waals surface area contributed by atoms with Crippen LogP contribution >= 0.6 is 11.3 Å². The van der Waals surface area contributed by atoms with Crippen molar-refractivity contribution in [3.05, 3.63) is 16.3 Å². The SMILES string of the molecule is COC(=O)c1sccc1S(=O)(=O)NC1CC(N)C1. The summed E-state index contributed by atoms with van der Waals surface area (Å²) in [5.74, 6) is -0.643. The van der Waals surface area contributed by atoms with Crippen molar-refractivity contribution >= 4 is 27.3 Å². The molecular weight excluding hydrogens is 276 g/mol. The summed E-state index contributed by atoms with van der Waals surface area (Å²) in [6.45, 7) is 0. The fourth-order valence-electron chi connectivity index (χ4n) is 1.79. The van der Waals surface area contributed by atoms with Crippen LogP contribution < -0.4 is 10.5 Å². The van der Waals surface area contributed by atoms with E-state index in [-0.39, 0.29) is 21.9 Å². The molecule has 0 aliphatic heterocycles. The summed E-state index contributed by atoms with van der Waals surface area (Å²) in [5.41, 5.74) is 5.60. The second kappa shape index (κ2) is 4.96. The van der Waals surface area contributed by atoms with Crippen molar-refractivity contribution < 1.29 is 17.9 Å². The van der Waals surface area contributed by atoms with Crippen molar-refractivity contribution in [3.8, 4) is 0 Å². The summed E-state index contributed by atoms with van der Waals surface area (Å²) in [4.78, 5) is 11.5. The number of hydrogen-bond acceptors (Lipinski definition) is 6. The zero-order valence-electron chi connectivity index (χ0n) is 9.75. The number of carbonyl (C=O) groups is 1. The third kappa shape index (κ3) is 2.56. The van der Waals surface area contributed by atoms with Crippen LogP contribution in [-0.4, -0.2) is 33.6 Å². The molecule has 100 valence electrons. The molecule has 0 amide bonds. The van der Waals surface area contributed by atoms with Crippen molar-refractivity contribution in [1.29, 1.82) is 0 Å². The van der Waals surface area contributed by atoms with Crippen LogP contribution in [0.25, 0.3) is 0 Å². The summed E-state index contributed by atoms with van der Waals surface area (Å²) in [6, 6.07) is 1.31. The summed E-state index contributed by atoms with van der Waals surface area (Å²) in [6.07, 6.45) is 1.24. The first-order valence-electron chi connectivity index (χ1n) is 5.37. The molecule has 0 bridgehead atoms. The molecule has 8 heteroatoms. The van der Waals surface area contributed by atoms with Gasteiger partial charge in [0, 0.05) is 12.1 Å². The smallest absolute Gasteiger partial charge is 0.349 e. The molecule has 1 heterocycles. The molecule has 1 aromatic rings. The predicted octanol–water partition coefficient (Wildman–Crippen LogP) is 0.303. The minimum atomic E-state index is -3.68. The number of hydrogen-bond donors (Lipinski definition) is 2. The fraction of sp³-hybridized carbons (Fsp3) is 0.500. The zero-order chi connectivity index (χ0) is 13.3. The Morgan fingerprint density at radius 1 is 1.56 bits per heavy atom. The van der Waals surface area contributed by atoms with E-state index in [0.29, 0.717) is 12.8 Å². The Morgan fingerprint density at radius 2 is 2.22 bits per heavy atom. The highest BCUT2D eigenvalue weighted by Gasteiger charge is 2.32. The average Bonchev–Trinajstić information content (AvgIpc) is 2.75. The molecule has 0 saturated heterocycles. The summed E-state index contributed by atoms with van der Waals surface area (Å²) in [7, 11) is -2.46. The van der Waals surface area contributed by atoms with Gasteiger partial charge < -0.3 is 10.5 Å². The number of nitrogens with one attached hydrogen (secondary N) is 1.